The van der Waals surface area contributed by atoms with Crippen molar-refractivity contribution >= 4 is 17.3 Å². The van der Waals surface area contributed by atoms with Crippen LogP contribution >= 0.6 is 0 Å². The monoisotopic (exact) mass is 401 g/mol. The van der Waals surface area contributed by atoms with Crippen molar-refractivity contribution in [3.8, 4) is 0 Å². The van der Waals surface area contributed by atoms with Crippen LogP contribution in [0.15, 0.2) is 22.6 Å². The van der Waals surface area contributed by atoms with Crippen molar-refractivity contribution in [2.75, 3.05) is 32.0 Å². The van der Waals surface area contributed by atoms with Crippen LogP contribution in [0.2, 0.25) is 0 Å². The van der Waals surface area contributed by atoms with E-state index in [0.717, 1.165) is 49.8 Å². The van der Waals surface area contributed by atoms with E-state index >= 15 is 0 Å². The van der Waals surface area contributed by atoms with E-state index in [0.29, 0.717) is 18.2 Å². The van der Waals surface area contributed by atoms with Gasteiger partial charge in [0.05, 0.1) is 22.7 Å². The molecule has 0 atom stereocenters. The van der Waals surface area contributed by atoms with Crippen molar-refractivity contribution in [3.05, 3.63) is 51.2 Å². The van der Waals surface area contributed by atoms with Gasteiger partial charge in [0.25, 0.3) is 11.6 Å². The number of carbonyl (C=O) groups excluding carboxylic acids is 1. The average Bonchev–Trinajstić information content (AvgIpc) is 3.03. The predicted octanol–water partition coefficient (Wildman–Crippen LogP) is 2.88. The number of piperidine rings is 1. The van der Waals surface area contributed by atoms with E-state index in [4.69, 9.17) is 4.42 Å². The number of aromatic nitrogens is 1. The van der Waals surface area contributed by atoms with Gasteiger partial charge in [-0.3, -0.25) is 19.8 Å². The number of nitrogens with one attached hydrogen (secondary N) is 2. The molecule has 1 aliphatic rings. The summed E-state index contributed by atoms with van der Waals surface area (Å²) >= 11 is 0. The summed E-state index contributed by atoms with van der Waals surface area (Å²) in [4.78, 5) is 29.4. The molecule has 2 heterocycles. The van der Waals surface area contributed by atoms with Gasteiger partial charge in [-0.05, 0) is 51.8 Å². The van der Waals surface area contributed by atoms with Gasteiger partial charge in [-0.25, -0.2) is 4.98 Å². The summed E-state index contributed by atoms with van der Waals surface area (Å²) < 4.78 is 5.67. The molecule has 0 radical (unpaired) electrons. The van der Waals surface area contributed by atoms with E-state index in [1.165, 1.54) is 19.2 Å². The number of likely N-dealkylation sites (tertiary alicyclic amines) is 1. The highest BCUT2D eigenvalue weighted by atomic mass is 16.6. The number of amides is 1. The summed E-state index contributed by atoms with van der Waals surface area (Å²) in [6.45, 7) is 7.22. The first-order valence-corrected chi connectivity index (χ1v) is 9.77. The second kappa shape index (κ2) is 9.04. The number of nitro groups is 1. The lowest BCUT2D eigenvalue weighted by atomic mass is 9.96. The second-order valence-corrected chi connectivity index (χ2v) is 7.42. The Morgan fingerprint density at radius 1 is 1.34 bits per heavy atom. The third kappa shape index (κ3) is 5.11. The van der Waals surface area contributed by atoms with E-state index in [9.17, 15) is 14.9 Å². The maximum Gasteiger partial charge on any atom is 0.270 e. The quantitative estimate of drug-likeness (QED) is 0.542. The Bertz CT molecular complexity index is 867. The Balaban J connectivity index is 1.54. The van der Waals surface area contributed by atoms with E-state index in [1.54, 1.807) is 6.07 Å². The van der Waals surface area contributed by atoms with Gasteiger partial charge in [0.1, 0.15) is 5.76 Å². The van der Waals surface area contributed by atoms with Gasteiger partial charge >= 0.3 is 0 Å². The van der Waals surface area contributed by atoms with Crippen LogP contribution < -0.4 is 10.6 Å². The van der Waals surface area contributed by atoms with Crippen molar-refractivity contribution in [1.29, 1.82) is 0 Å². The lowest BCUT2D eigenvalue weighted by Crippen LogP contribution is -2.35. The molecule has 2 N–H and O–H groups in total. The van der Waals surface area contributed by atoms with Crippen molar-refractivity contribution in [2.45, 2.75) is 33.2 Å². The molecule has 1 fully saturated rings. The Hall–Kier alpha value is -2.94. The van der Waals surface area contributed by atoms with Gasteiger partial charge in [0, 0.05) is 31.4 Å². The number of nitrogens with zero attached hydrogens (tertiary/aromatic N) is 3. The minimum atomic E-state index is -0.497. The van der Waals surface area contributed by atoms with Gasteiger partial charge in [0.2, 0.25) is 5.89 Å². The number of anilines is 1. The van der Waals surface area contributed by atoms with Gasteiger partial charge in [-0.15, -0.1) is 0 Å². The molecule has 2 aromatic rings. The van der Waals surface area contributed by atoms with Crippen LogP contribution in [0.4, 0.5) is 11.4 Å². The summed E-state index contributed by atoms with van der Waals surface area (Å²) in [5, 5.41) is 16.8. The number of nitro benzene ring substituents is 1. The Morgan fingerprint density at radius 2 is 2.07 bits per heavy atom. The molecule has 0 bridgehead atoms. The van der Waals surface area contributed by atoms with Gasteiger partial charge in [-0.2, -0.15) is 0 Å². The molecule has 3 rings (SSSR count). The van der Waals surface area contributed by atoms with E-state index < -0.39 is 4.92 Å². The third-order valence-corrected chi connectivity index (χ3v) is 5.41. The highest BCUT2D eigenvalue weighted by molar-refractivity contribution is 6.00. The van der Waals surface area contributed by atoms with Gasteiger partial charge < -0.3 is 15.1 Å². The molecule has 0 spiro atoms. The van der Waals surface area contributed by atoms with Crippen LogP contribution in [-0.2, 0) is 6.54 Å². The number of hydrogen-bond acceptors (Lipinski definition) is 7. The van der Waals surface area contributed by atoms with Crippen LogP contribution in [0.3, 0.4) is 0 Å². The lowest BCUT2D eigenvalue weighted by molar-refractivity contribution is -0.384. The molecule has 1 aromatic carbocycles. The third-order valence-electron chi connectivity index (χ3n) is 5.41. The standard InChI is InChI=1S/C20H27N5O4/c1-13-14(2)29-19(23-13)12-24-8-6-15(7-9-24)11-22-18-5-4-16(25(27)28)10-17(18)20(26)21-3/h4-5,10,15,22H,6-9,11-12H2,1-3H3,(H,21,26). The minimum absolute atomic E-state index is 0.0977. The summed E-state index contributed by atoms with van der Waals surface area (Å²) in [6.07, 6.45) is 2.04. The molecule has 9 nitrogen and oxygen atoms in total. The zero-order chi connectivity index (χ0) is 21.0. The number of oxazole rings is 1. The molecular formula is C20H27N5O4. The van der Waals surface area contributed by atoms with Crippen LogP contribution in [0.25, 0.3) is 0 Å². The number of benzene rings is 1. The zero-order valence-electron chi connectivity index (χ0n) is 17.0. The molecule has 0 saturated carbocycles. The van der Waals surface area contributed by atoms with Crippen LogP contribution in [0.5, 0.6) is 0 Å². The fourth-order valence-electron chi connectivity index (χ4n) is 3.52. The largest absolute Gasteiger partial charge is 0.444 e. The Labute approximate surface area is 169 Å². The maximum absolute atomic E-state index is 12.1. The summed E-state index contributed by atoms with van der Waals surface area (Å²) in [5.74, 6) is 1.75. The molecule has 1 aromatic heterocycles. The first kappa shape index (κ1) is 20.8. The fourth-order valence-corrected chi connectivity index (χ4v) is 3.52. The Kier molecular flexibility index (Phi) is 6.48. The summed E-state index contributed by atoms with van der Waals surface area (Å²) in [6, 6.07) is 4.33. The Morgan fingerprint density at radius 3 is 2.66 bits per heavy atom. The highest BCUT2D eigenvalue weighted by Gasteiger charge is 2.22. The topological polar surface area (TPSA) is 114 Å². The minimum Gasteiger partial charge on any atom is -0.444 e. The summed E-state index contributed by atoms with van der Waals surface area (Å²) in [5.41, 5.74) is 1.74. The zero-order valence-corrected chi connectivity index (χ0v) is 17.0. The van der Waals surface area contributed by atoms with E-state index in [-0.39, 0.29) is 17.2 Å². The molecule has 0 aliphatic carbocycles. The molecule has 1 aliphatic heterocycles. The maximum atomic E-state index is 12.1. The summed E-state index contributed by atoms with van der Waals surface area (Å²) in [7, 11) is 1.51. The fraction of sp³-hybridized carbons (Fsp3) is 0.500. The number of carbonyl (C=O) groups is 1. The number of non-ortho nitro benzene ring substituents is 1. The van der Waals surface area contributed by atoms with E-state index in [1.807, 2.05) is 13.8 Å². The molecule has 1 saturated heterocycles. The number of hydrogen-bond donors (Lipinski definition) is 2. The molecule has 1 amide bonds. The number of aryl methyl sites for hydroxylation is 2. The molecule has 156 valence electrons. The second-order valence-electron chi connectivity index (χ2n) is 7.42. The molecule has 29 heavy (non-hydrogen) atoms. The smallest absolute Gasteiger partial charge is 0.270 e. The van der Waals surface area contributed by atoms with Crippen LogP contribution in [0.1, 0.15) is 40.5 Å². The number of rotatable bonds is 7. The van der Waals surface area contributed by atoms with Gasteiger partial charge in [0.15, 0.2) is 0 Å². The predicted molar refractivity (Wildman–Crippen MR) is 109 cm³/mol. The van der Waals surface area contributed by atoms with Crippen LogP contribution in [-0.4, -0.2) is 47.4 Å². The van der Waals surface area contributed by atoms with Crippen molar-refractivity contribution in [1.82, 2.24) is 15.2 Å². The van der Waals surface area contributed by atoms with Crippen molar-refractivity contribution in [3.63, 3.8) is 0 Å². The average molecular weight is 401 g/mol. The van der Waals surface area contributed by atoms with Crippen molar-refractivity contribution < 1.29 is 14.1 Å². The van der Waals surface area contributed by atoms with Crippen LogP contribution in [0, 0.1) is 29.9 Å². The molecule has 0 unspecified atom stereocenters. The molecular weight excluding hydrogens is 374 g/mol. The molecule has 9 heteroatoms. The van der Waals surface area contributed by atoms with Gasteiger partial charge in [-0.1, -0.05) is 0 Å². The van der Waals surface area contributed by atoms with Crippen molar-refractivity contribution in [2.24, 2.45) is 5.92 Å². The first-order valence-electron chi connectivity index (χ1n) is 9.77. The highest BCUT2D eigenvalue weighted by Crippen LogP contribution is 2.25. The van der Waals surface area contributed by atoms with E-state index in [2.05, 4.69) is 20.5 Å². The lowest BCUT2D eigenvalue weighted by Gasteiger charge is -2.31. The normalized spacial score (nSPS) is 15.3. The SMILES string of the molecule is CNC(=O)c1cc([N+](=O)[O-])ccc1NCC1CCN(Cc2nc(C)c(C)o2)CC1. The first-order chi connectivity index (χ1) is 13.9.